The second kappa shape index (κ2) is 8.28. The molecule has 30 heavy (non-hydrogen) atoms. The van der Waals surface area contributed by atoms with Gasteiger partial charge in [0.1, 0.15) is 17.0 Å². The van der Waals surface area contributed by atoms with E-state index in [9.17, 15) is 9.59 Å². The third kappa shape index (κ3) is 3.59. The number of H-pyrrole nitrogens is 2. The first kappa shape index (κ1) is 19.5. The fraction of sp³-hybridized carbons (Fsp3) is 0.227. The number of unbranched alkanes of at least 4 members (excludes halogenated alkanes) is 1. The van der Waals surface area contributed by atoms with Crippen molar-refractivity contribution < 1.29 is 9.47 Å². The molecule has 154 valence electrons. The first-order valence-electron chi connectivity index (χ1n) is 9.73. The number of hydrogen-bond donors (Lipinski definition) is 2. The fourth-order valence-electron chi connectivity index (χ4n) is 3.24. The number of benzene rings is 2. The molecule has 2 aromatic carbocycles. The van der Waals surface area contributed by atoms with Crippen molar-refractivity contribution in [1.29, 1.82) is 0 Å². The van der Waals surface area contributed by atoms with Crippen LogP contribution in [0.4, 0.5) is 0 Å². The quantitative estimate of drug-likeness (QED) is 0.363. The lowest BCUT2D eigenvalue weighted by atomic mass is 10.2. The van der Waals surface area contributed by atoms with Crippen molar-refractivity contribution in [2.45, 2.75) is 19.8 Å². The molecule has 0 unspecified atom stereocenters. The van der Waals surface area contributed by atoms with Gasteiger partial charge in [-0.2, -0.15) is 5.10 Å². The molecule has 0 amide bonds. The second-order valence-electron chi connectivity index (χ2n) is 6.82. The topological polar surface area (TPSA) is 101 Å². The van der Waals surface area contributed by atoms with Crippen LogP contribution in [-0.2, 0) is 0 Å². The molecule has 2 N–H and O–H groups in total. The van der Waals surface area contributed by atoms with Crippen LogP contribution in [0, 0.1) is 0 Å². The van der Waals surface area contributed by atoms with Gasteiger partial charge in [-0.15, -0.1) is 4.68 Å². The number of nitrogens with zero attached hydrogens (tertiary/aromatic N) is 2. The molecule has 8 nitrogen and oxygen atoms in total. The lowest BCUT2D eigenvalue weighted by Crippen LogP contribution is -2.32. The molecule has 0 saturated heterocycles. The van der Waals surface area contributed by atoms with Crippen LogP contribution < -0.4 is 20.7 Å². The molecule has 2 heterocycles. The van der Waals surface area contributed by atoms with E-state index in [1.807, 2.05) is 30.3 Å². The van der Waals surface area contributed by atoms with Crippen LogP contribution in [0.2, 0.25) is 0 Å². The van der Waals surface area contributed by atoms with E-state index in [0.717, 1.165) is 28.8 Å². The third-order valence-electron chi connectivity index (χ3n) is 4.81. The molecule has 0 saturated carbocycles. The largest absolute Gasteiger partial charge is 0.496 e. The molecular formula is C22H22N4O4. The van der Waals surface area contributed by atoms with Crippen LogP contribution in [0.5, 0.6) is 11.5 Å². The van der Waals surface area contributed by atoms with Gasteiger partial charge in [-0.1, -0.05) is 19.4 Å². The van der Waals surface area contributed by atoms with Gasteiger partial charge in [-0.3, -0.25) is 4.79 Å². The second-order valence-corrected chi connectivity index (χ2v) is 6.82. The summed E-state index contributed by atoms with van der Waals surface area (Å²) in [6.45, 7) is 2.78. The van der Waals surface area contributed by atoms with Crippen molar-refractivity contribution in [3.8, 4) is 11.5 Å². The number of fused-ring (bicyclic) bond motifs is 3. The molecule has 0 aliphatic carbocycles. The van der Waals surface area contributed by atoms with Gasteiger partial charge in [0.15, 0.2) is 0 Å². The van der Waals surface area contributed by atoms with Gasteiger partial charge in [0.2, 0.25) is 0 Å². The smallest absolute Gasteiger partial charge is 0.350 e. The summed E-state index contributed by atoms with van der Waals surface area (Å²) >= 11 is 0. The minimum atomic E-state index is -0.630. The highest BCUT2D eigenvalue weighted by Crippen LogP contribution is 2.29. The summed E-state index contributed by atoms with van der Waals surface area (Å²) in [5.41, 5.74) is 0.918. The van der Waals surface area contributed by atoms with Crippen LogP contribution in [0.15, 0.2) is 57.2 Å². The minimum Gasteiger partial charge on any atom is -0.496 e. The summed E-state index contributed by atoms with van der Waals surface area (Å²) in [4.78, 5) is 31.2. The Labute approximate surface area is 171 Å². The van der Waals surface area contributed by atoms with Crippen molar-refractivity contribution >= 4 is 28.2 Å². The van der Waals surface area contributed by atoms with Gasteiger partial charge in [-0.25, -0.2) is 4.79 Å². The fourth-order valence-corrected chi connectivity index (χ4v) is 3.24. The van der Waals surface area contributed by atoms with E-state index < -0.39 is 11.2 Å². The first-order valence-corrected chi connectivity index (χ1v) is 9.73. The summed E-state index contributed by atoms with van der Waals surface area (Å²) in [5, 5.41) is 4.74. The SMILES string of the molecule is CCCCOc1ccc(/C=N/n2c(=O)[nH]c3c([nH]c4cccc(OC)c43)c2=O)cc1. The summed E-state index contributed by atoms with van der Waals surface area (Å²) < 4.78 is 11.8. The van der Waals surface area contributed by atoms with Crippen LogP contribution in [0.1, 0.15) is 25.3 Å². The normalized spacial score (nSPS) is 11.5. The van der Waals surface area contributed by atoms with Gasteiger partial charge in [-0.05, 0) is 48.4 Å². The van der Waals surface area contributed by atoms with Crippen molar-refractivity contribution in [3.05, 3.63) is 68.9 Å². The van der Waals surface area contributed by atoms with Crippen LogP contribution in [-0.4, -0.2) is 34.6 Å². The van der Waals surface area contributed by atoms with Gasteiger partial charge in [0.25, 0.3) is 0 Å². The number of rotatable bonds is 7. The standard InChI is InChI=1S/C22H22N4O4/c1-3-4-12-30-15-10-8-14(9-11-15)13-23-26-21(27)20-19(25-22(26)28)18-16(24-20)6-5-7-17(18)29-2/h5-11,13,24H,3-4,12H2,1-2H3,(H,25,28)/b23-13+. The average Bonchev–Trinajstić information content (AvgIpc) is 3.13. The number of nitrogens with one attached hydrogen (secondary N) is 2. The zero-order valence-electron chi connectivity index (χ0n) is 16.8. The van der Waals surface area contributed by atoms with Crippen LogP contribution in [0.3, 0.4) is 0 Å². The molecule has 0 aliphatic rings. The predicted octanol–water partition coefficient (Wildman–Crippen LogP) is 3.24. The number of aromatic nitrogens is 3. The van der Waals surface area contributed by atoms with Gasteiger partial charge in [0.05, 0.1) is 36.4 Å². The Morgan fingerprint density at radius 2 is 1.87 bits per heavy atom. The van der Waals surface area contributed by atoms with E-state index >= 15 is 0 Å². The van der Waals surface area contributed by atoms with E-state index in [1.54, 1.807) is 12.1 Å². The molecule has 0 fully saturated rings. The highest BCUT2D eigenvalue weighted by atomic mass is 16.5. The van der Waals surface area contributed by atoms with Gasteiger partial charge < -0.3 is 19.4 Å². The Kier molecular flexibility index (Phi) is 5.38. The molecule has 4 rings (SSSR count). The Morgan fingerprint density at radius 1 is 1.07 bits per heavy atom. The van der Waals surface area contributed by atoms with E-state index in [-0.39, 0.29) is 5.52 Å². The molecule has 0 aliphatic heterocycles. The van der Waals surface area contributed by atoms with Crippen molar-refractivity contribution in [2.75, 3.05) is 13.7 Å². The van der Waals surface area contributed by atoms with Gasteiger partial charge in [0, 0.05) is 0 Å². The molecule has 8 heteroatoms. The zero-order chi connectivity index (χ0) is 21.1. The third-order valence-corrected chi connectivity index (χ3v) is 4.81. The molecule has 0 atom stereocenters. The van der Waals surface area contributed by atoms with E-state index in [4.69, 9.17) is 9.47 Å². The summed E-state index contributed by atoms with van der Waals surface area (Å²) in [5.74, 6) is 1.33. The van der Waals surface area contributed by atoms with E-state index in [1.165, 1.54) is 13.3 Å². The maximum atomic E-state index is 12.9. The predicted molar refractivity (Wildman–Crippen MR) is 117 cm³/mol. The molecule has 4 aromatic rings. The monoisotopic (exact) mass is 406 g/mol. The highest BCUT2D eigenvalue weighted by molar-refractivity contribution is 6.07. The summed E-state index contributed by atoms with van der Waals surface area (Å²) in [7, 11) is 1.54. The van der Waals surface area contributed by atoms with E-state index in [0.29, 0.717) is 28.8 Å². The lowest BCUT2D eigenvalue weighted by Gasteiger charge is -2.05. The minimum absolute atomic E-state index is 0.255. The lowest BCUT2D eigenvalue weighted by molar-refractivity contribution is 0.309. The van der Waals surface area contributed by atoms with Crippen molar-refractivity contribution in [2.24, 2.45) is 5.10 Å². The number of aromatic amines is 2. The first-order chi connectivity index (χ1) is 14.6. The molecular weight excluding hydrogens is 384 g/mol. The Hall–Kier alpha value is -3.81. The van der Waals surface area contributed by atoms with Crippen LogP contribution >= 0.6 is 0 Å². The Morgan fingerprint density at radius 3 is 2.60 bits per heavy atom. The number of methoxy groups -OCH3 is 1. The number of ether oxygens (including phenoxy) is 2. The molecule has 0 radical (unpaired) electrons. The Bertz CT molecular complexity index is 1330. The maximum Gasteiger partial charge on any atom is 0.350 e. The van der Waals surface area contributed by atoms with Crippen LogP contribution in [0.25, 0.3) is 21.9 Å². The highest BCUT2D eigenvalue weighted by Gasteiger charge is 2.15. The number of hydrogen-bond acceptors (Lipinski definition) is 5. The van der Waals surface area contributed by atoms with E-state index in [2.05, 4.69) is 22.0 Å². The Balaban J connectivity index is 1.69. The molecule has 0 spiro atoms. The molecule has 0 bridgehead atoms. The molecule has 2 aromatic heterocycles. The summed E-state index contributed by atoms with van der Waals surface area (Å²) in [6.07, 6.45) is 3.53. The summed E-state index contributed by atoms with van der Waals surface area (Å²) in [6, 6.07) is 12.7. The van der Waals surface area contributed by atoms with Crippen molar-refractivity contribution in [3.63, 3.8) is 0 Å². The zero-order valence-corrected chi connectivity index (χ0v) is 16.8. The maximum absolute atomic E-state index is 12.9. The average molecular weight is 406 g/mol. The van der Waals surface area contributed by atoms with Crippen molar-refractivity contribution in [1.82, 2.24) is 14.6 Å². The van der Waals surface area contributed by atoms with Gasteiger partial charge >= 0.3 is 11.2 Å².